The molecule has 0 saturated carbocycles. The Bertz CT molecular complexity index is 993. The average molecular weight is 406 g/mol. The van der Waals surface area contributed by atoms with Crippen molar-refractivity contribution >= 4 is 23.5 Å². The lowest BCUT2D eigenvalue weighted by Gasteiger charge is -2.11. The summed E-state index contributed by atoms with van der Waals surface area (Å²) in [5.41, 5.74) is 0.683. The van der Waals surface area contributed by atoms with Gasteiger partial charge in [0.05, 0.1) is 23.8 Å². The van der Waals surface area contributed by atoms with E-state index in [9.17, 15) is 9.18 Å². The van der Waals surface area contributed by atoms with Crippen molar-refractivity contribution in [3.63, 3.8) is 0 Å². The fourth-order valence-corrected chi connectivity index (χ4v) is 2.67. The number of nitrogens with zero attached hydrogens (tertiary/aromatic N) is 2. The van der Waals surface area contributed by atoms with Crippen molar-refractivity contribution in [2.75, 3.05) is 18.5 Å². The van der Waals surface area contributed by atoms with Crippen LogP contribution < -0.4 is 14.8 Å². The van der Waals surface area contributed by atoms with Crippen molar-refractivity contribution < 1.29 is 23.1 Å². The molecule has 0 aliphatic carbocycles. The number of carbonyl (C=O) groups excluding carboxylic acids is 1. The van der Waals surface area contributed by atoms with E-state index in [0.717, 1.165) is 12.1 Å². The highest BCUT2D eigenvalue weighted by molar-refractivity contribution is 6.34. The van der Waals surface area contributed by atoms with Crippen LogP contribution in [0.15, 0.2) is 40.8 Å². The summed E-state index contributed by atoms with van der Waals surface area (Å²) in [5.74, 6) is 0.199. The molecule has 0 saturated heterocycles. The number of carbonyl (C=O) groups is 1. The van der Waals surface area contributed by atoms with Crippen LogP contribution in [0.3, 0.4) is 0 Å². The van der Waals surface area contributed by atoms with Crippen molar-refractivity contribution in [2.45, 2.75) is 13.8 Å². The first kappa shape index (κ1) is 19.6. The fourth-order valence-electron chi connectivity index (χ4n) is 2.41. The van der Waals surface area contributed by atoms with Crippen LogP contribution in [-0.2, 0) is 0 Å². The van der Waals surface area contributed by atoms with E-state index in [1.165, 1.54) is 6.07 Å². The van der Waals surface area contributed by atoms with Gasteiger partial charge in [0.2, 0.25) is 5.89 Å². The van der Waals surface area contributed by atoms with Gasteiger partial charge < -0.3 is 13.9 Å². The molecule has 0 radical (unpaired) electrons. The summed E-state index contributed by atoms with van der Waals surface area (Å²) in [6.07, 6.45) is 0. The van der Waals surface area contributed by atoms with Crippen LogP contribution in [0.1, 0.15) is 24.2 Å². The van der Waals surface area contributed by atoms with Gasteiger partial charge in [-0.3, -0.25) is 10.1 Å². The number of rotatable bonds is 7. The first-order valence-corrected chi connectivity index (χ1v) is 8.89. The number of halogens is 2. The number of aromatic nitrogens is 2. The number of amides is 1. The summed E-state index contributed by atoms with van der Waals surface area (Å²) in [5, 5.41) is 10.1. The maximum absolute atomic E-state index is 13.1. The predicted molar refractivity (Wildman–Crippen MR) is 101 cm³/mol. The summed E-state index contributed by atoms with van der Waals surface area (Å²) in [6, 6.07) is 8.52. The van der Waals surface area contributed by atoms with Crippen molar-refractivity contribution in [3.05, 3.63) is 52.8 Å². The lowest BCUT2D eigenvalue weighted by atomic mass is 10.2. The highest BCUT2D eigenvalue weighted by Gasteiger charge is 2.17. The van der Waals surface area contributed by atoms with E-state index in [2.05, 4.69) is 15.5 Å². The lowest BCUT2D eigenvalue weighted by molar-refractivity contribution is 0.102. The van der Waals surface area contributed by atoms with E-state index in [0.29, 0.717) is 30.3 Å². The molecule has 0 bridgehead atoms. The predicted octanol–water partition coefficient (Wildman–Crippen LogP) is 4.58. The molecule has 7 nitrogen and oxygen atoms in total. The third-order valence-corrected chi connectivity index (χ3v) is 3.92. The summed E-state index contributed by atoms with van der Waals surface area (Å²) in [7, 11) is 0. The fraction of sp³-hybridized carbons (Fsp3) is 0.211. The summed E-state index contributed by atoms with van der Waals surface area (Å²) in [6.45, 7) is 4.71. The van der Waals surface area contributed by atoms with Gasteiger partial charge in [-0.1, -0.05) is 16.7 Å². The second-order valence-electron chi connectivity index (χ2n) is 5.52. The Labute approximate surface area is 165 Å². The zero-order valence-corrected chi connectivity index (χ0v) is 15.9. The van der Waals surface area contributed by atoms with Crippen LogP contribution in [0, 0.1) is 5.82 Å². The standard InChI is InChI=1S/C19H17ClFN3O4/c1-3-26-15-8-5-11(9-16(15)27-4-2)18-23-24-19(28-18)22-17(25)13-7-6-12(21)10-14(13)20/h5-10H,3-4H2,1-2H3,(H,22,24,25). The van der Waals surface area contributed by atoms with Gasteiger partial charge >= 0.3 is 6.01 Å². The summed E-state index contributed by atoms with van der Waals surface area (Å²) >= 11 is 5.89. The molecular weight excluding hydrogens is 389 g/mol. The molecule has 1 heterocycles. The molecule has 28 heavy (non-hydrogen) atoms. The topological polar surface area (TPSA) is 86.5 Å². The number of hydrogen-bond acceptors (Lipinski definition) is 6. The molecule has 9 heteroatoms. The van der Waals surface area contributed by atoms with E-state index in [1.807, 2.05) is 13.8 Å². The molecule has 1 N–H and O–H groups in total. The quantitative estimate of drug-likeness (QED) is 0.619. The second kappa shape index (κ2) is 8.71. The highest BCUT2D eigenvalue weighted by atomic mass is 35.5. The van der Waals surface area contributed by atoms with Gasteiger partial charge in [-0.25, -0.2) is 4.39 Å². The molecule has 0 aliphatic rings. The lowest BCUT2D eigenvalue weighted by Crippen LogP contribution is -2.12. The van der Waals surface area contributed by atoms with Crippen molar-refractivity contribution in [3.8, 4) is 23.0 Å². The van der Waals surface area contributed by atoms with Gasteiger partial charge in [0.15, 0.2) is 11.5 Å². The van der Waals surface area contributed by atoms with Gasteiger partial charge in [-0.05, 0) is 50.2 Å². The number of nitrogens with one attached hydrogen (secondary N) is 1. The Kier molecular flexibility index (Phi) is 6.10. The number of benzene rings is 2. The molecule has 0 fully saturated rings. The summed E-state index contributed by atoms with van der Waals surface area (Å²) < 4.78 is 29.7. The first-order valence-electron chi connectivity index (χ1n) is 8.51. The Morgan fingerprint density at radius 1 is 1.11 bits per heavy atom. The zero-order chi connectivity index (χ0) is 20.1. The maximum Gasteiger partial charge on any atom is 0.322 e. The number of anilines is 1. The average Bonchev–Trinajstić information content (AvgIpc) is 3.12. The molecular formula is C19H17ClFN3O4. The molecule has 2 aromatic carbocycles. The first-order chi connectivity index (χ1) is 13.5. The third-order valence-electron chi connectivity index (χ3n) is 3.61. The van der Waals surface area contributed by atoms with Gasteiger partial charge in [-0.15, -0.1) is 5.10 Å². The van der Waals surface area contributed by atoms with Crippen molar-refractivity contribution in [1.82, 2.24) is 10.2 Å². The van der Waals surface area contributed by atoms with Gasteiger partial charge in [0, 0.05) is 5.56 Å². The van der Waals surface area contributed by atoms with Gasteiger partial charge in [0.1, 0.15) is 5.82 Å². The van der Waals surface area contributed by atoms with Crippen molar-refractivity contribution in [1.29, 1.82) is 0 Å². The molecule has 0 aliphatic heterocycles. The van der Waals surface area contributed by atoms with Crippen LogP contribution in [-0.4, -0.2) is 29.3 Å². The minimum absolute atomic E-state index is 0.0230. The van der Waals surface area contributed by atoms with Crippen LogP contribution in [0.2, 0.25) is 5.02 Å². The molecule has 3 aromatic rings. The Morgan fingerprint density at radius 2 is 1.86 bits per heavy atom. The molecule has 146 valence electrons. The van der Waals surface area contributed by atoms with Crippen LogP contribution in [0.5, 0.6) is 11.5 Å². The Morgan fingerprint density at radius 3 is 2.57 bits per heavy atom. The number of hydrogen-bond donors (Lipinski definition) is 1. The summed E-state index contributed by atoms with van der Waals surface area (Å²) in [4.78, 5) is 12.3. The van der Waals surface area contributed by atoms with Crippen LogP contribution in [0.25, 0.3) is 11.5 Å². The Hall–Kier alpha value is -3.13. The normalized spacial score (nSPS) is 10.6. The molecule has 0 atom stereocenters. The maximum atomic E-state index is 13.1. The molecule has 1 aromatic heterocycles. The largest absolute Gasteiger partial charge is 0.490 e. The minimum Gasteiger partial charge on any atom is -0.490 e. The van der Waals surface area contributed by atoms with Crippen molar-refractivity contribution in [2.24, 2.45) is 0 Å². The molecule has 1 amide bonds. The second-order valence-corrected chi connectivity index (χ2v) is 5.93. The minimum atomic E-state index is -0.595. The van der Waals surface area contributed by atoms with Crippen LogP contribution in [0.4, 0.5) is 10.4 Å². The molecule has 0 spiro atoms. The Balaban J connectivity index is 1.80. The van der Waals surface area contributed by atoms with E-state index >= 15 is 0 Å². The molecule has 0 unspecified atom stereocenters. The van der Waals surface area contributed by atoms with E-state index in [-0.39, 0.29) is 22.5 Å². The zero-order valence-electron chi connectivity index (χ0n) is 15.2. The molecule has 3 rings (SSSR count). The SMILES string of the molecule is CCOc1ccc(-c2nnc(NC(=O)c3ccc(F)cc3Cl)o2)cc1OCC. The monoisotopic (exact) mass is 405 g/mol. The van der Waals surface area contributed by atoms with Crippen LogP contribution >= 0.6 is 11.6 Å². The van der Waals surface area contributed by atoms with E-state index in [1.54, 1.807) is 18.2 Å². The highest BCUT2D eigenvalue weighted by Crippen LogP contribution is 2.33. The van der Waals surface area contributed by atoms with Gasteiger partial charge in [-0.2, -0.15) is 0 Å². The van der Waals surface area contributed by atoms with E-state index in [4.69, 9.17) is 25.5 Å². The smallest absolute Gasteiger partial charge is 0.322 e. The van der Waals surface area contributed by atoms with Gasteiger partial charge in [0.25, 0.3) is 5.91 Å². The number of ether oxygens (including phenoxy) is 2. The van der Waals surface area contributed by atoms with E-state index < -0.39 is 11.7 Å². The third kappa shape index (κ3) is 4.40.